The lowest BCUT2D eigenvalue weighted by atomic mass is 10.2. The third-order valence-corrected chi connectivity index (χ3v) is 4.55. The summed E-state index contributed by atoms with van der Waals surface area (Å²) in [5.41, 5.74) is 0.335. The van der Waals surface area contributed by atoms with Gasteiger partial charge in [0.15, 0.2) is 5.17 Å². The number of sulfonamides is 1. The van der Waals surface area contributed by atoms with E-state index in [-0.39, 0.29) is 10.1 Å². The predicted molar refractivity (Wildman–Crippen MR) is 85.6 cm³/mol. The van der Waals surface area contributed by atoms with Crippen molar-refractivity contribution in [1.82, 2.24) is 4.83 Å². The zero-order valence-electron chi connectivity index (χ0n) is 10.4. The molecule has 2 aromatic carbocycles. The molecule has 0 saturated heterocycles. The number of halogens is 3. The van der Waals surface area contributed by atoms with Gasteiger partial charge < -0.3 is 0 Å². The molecule has 0 aliphatic heterocycles. The minimum Gasteiger partial charge on any atom is -0.200 e. The minimum absolute atomic E-state index is 0.0791. The van der Waals surface area contributed by atoms with Crippen LogP contribution in [-0.4, -0.2) is 13.6 Å². The summed E-state index contributed by atoms with van der Waals surface area (Å²) in [4.78, 5) is 2.13. The predicted octanol–water partition coefficient (Wildman–Crippen LogP) is 3.87. The van der Waals surface area contributed by atoms with Crippen LogP contribution in [0.3, 0.4) is 0 Å². The third kappa shape index (κ3) is 4.11. The third-order valence-electron chi connectivity index (χ3n) is 2.47. The Morgan fingerprint density at radius 3 is 2.38 bits per heavy atom. The summed E-state index contributed by atoms with van der Waals surface area (Å²) >= 11 is 17.7. The van der Waals surface area contributed by atoms with Crippen molar-refractivity contribution in [3.05, 3.63) is 64.1 Å². The van der Waals surface area contributed by atoms with Crippen LogP contribution in [0.1, 0.15) is 5.56 Å². The van der Waals surface area contributed by atoms with Crippen LogP contribution in [0.4, 0.5) is 0 Å². The Labute approximate surface area is 137 Å². The van der Waals surface area contributed by atoms with Crippen molar-refractivity contribution in [2.45, 2.75) is 4.90 Å². The molecular formula is C13H9Cl3N2O2S. The number of rotatable bonds is 4. The zero-order chi connectivity index (χ0) is 15.5. The van der Waals surface area contributed by atoms with Crippen molar-refractivity contribution in [1.29, 1.82) is 0 Å². The van der Waals surface area contributed by atoms with Crippen molar-refractivity contribution < 1.29 is 8.42 Å². The highest BCUT2D eigenvalue weighted by Gasteiger charge is 2.13. The highest BCUT2D eigenvalue weighted by atomic mass is 35.5. The molecule has 0 atom stereocenters. The smallest absolute Gasteiger partial charge is 0.200 e. The average Bonchev–Trinajstić information content (AvgIpc) is 2.48. The monoisotopic (exact) mass is 362 g/mol. The quantitative estimate of drug-likeness (QED) is 0.662. The number of hydrazone groups is 1. The van der Waals surface area contributed by atoms with Gasteiger partial charge >= 0.3 is 0 Å². The van der Waals surface area contributed by atoms with Crippen molar-refractivity contribution in [2.24, 2.45) is 5.10 Å². The first-order chi connectivity index (χ1) is 9.90. The van der Waals surface area contributed by atoms with Crippen LogP contribution in [0.15, 0.2) is 58.5 Å². The maximum atomic E-state index is 12.0. The Bertz CT molecular complexity index is 777. The molecule has 0 fully saturated rings. The fourth-order valence-electron chi connectivity index (χ4n) is 1.47. The van der Waals surface area contributed by atoms with Gasteiger partial charge in [0.25, 0.3) is 10.0 Å². The van der Waals surface area contributed by atoms with E-state index in [9.17, 15) is 8.42 Å². The van der Waals surface area contributed by atoms with Crippen LogP contribution in [-0.2, 0) is 10.0 Å². The summed E-state index contributed by atoms with van der Waals surface area (Å²) in [6.45, 7) is 0. The molecule has 0 aromatic heterocycles. The van der Waals surface area contributed by atoms with Gasteiger partial charge in [-0.05, 0) is 30.3 Å². The SMILES string of the molecule is O=S(=O)(NN=C(Cl)c1cc(Cl)ccc1Cl)c1ccccc1. The highest BCUT2D eigenvalue weighted by Crippen LogP contribution is 2.22. The Morgan fingerprint density at radius 2 is 1.71 bits per heavy atom. The Kier molecular flexibility index (Phi) is 5.11. The maximum Gasteiger partial charge on any atom is 0.276 e. The van der Waals surface area contributed by atoms with Crippen molar-refractivity contribution in [3.8, 4) is 0 Å². The average molecular weight is 364 g/mol. The largest absolute Gasteiger partial charge is 0.276 e. The molecule has 0 amide bonds. The molecule has 0 heterocycles. The van der Waals surface area contributed by atoms with Gasteiger partial charge in [0.1, 0.15) is 0 Å². The highest BCUT2D eigenvalue weighted by molar-refractivity contribution is 7.89. The first kappa shape index (κ1) is 16.1. The van der Waals surface area contributed by atoms with Crippen molar-refractivity contribution >= 4 is 50.0 Å². The molecule has 2 rings (SSSR count). The molecule has 2 aromatic rings. The molecule has 1 N–H and O–H groups in total. The van der Waals surface area contributed by atoms with E-state index in [1.165, 1.54) is 18.2 Å². The molecule has 8 heteroatoms. The molecule has 21 heavy (non-hydrogen) atoms. The number of nitrogens with zero attached hydrogens (tertiary/aromatic N) is 1. The van der Waals surface area contributed by atoms with Crippen LogP contribution >= 0.6 is 34.8 Å². The van der Waals surface area contributed by atoms with E-state index in [0.29, 0.717) is 15.6 Å². The second-order valence-electron chi connectivity index (χ2n) is 3.93. The second kappa shape index (κ2) is 6.66. The normalized spacial score (nSPS) is 12.2. The summed E-state index contributed by atoms with van der Waals surface area (Å²) in [7, 11) is -3.78. The molecule has 0 aliphatic rings. The lowest BCUT2D eigenvalue weighted by molar-refractivity contribution is 0.584. The van der Waals surface area contributed by atoms with Gasteiger partial charge in [0, 0.05) is 10.6 Å². The van der Waals surface area contributed by atoms with Gasteiger partial charge in [-0.3, -0.25) is 0 Å². The summed E-state index contributed by atoms with van der Waals surface area (Å²) in [5, 5.41) is 4.26. The van der Waals surface area contributed by atoms with E-state index in [4.69, 9.17) is 34.8 Å². The number of hydrogen-bond donors (Lipinski definition) is 1. The van der Waals surface area contributed by atoms with E-state index >= 15 is 0 Å². The van der Waals surface area contributed by atoms with Gasteiger partial charge in [-0.15, -0.1) is 0 Å². The molecular weight excluding hydrogens is 355 g/mol. The molecule has 0 unspecified atom stereocenters. The summed E-state index contributed by atoms with van der Waals surface area (Å²) in [6, 6.07) is 12.4. The molecule has 0 bridgehead atoms. The van der Waals surface area contributed by atoms with Crippen molar-refractivity contribution in [2.75, 3.05) is 0 Å². The van der Waals surface area contributed by atoms with Gasteiger partial charge in [-0.1, -0.05) is 53.0 Å². The molecule has 0 aliphatic carbocycles. The lowest BCUT2D eigenvalue weighted by Crippen LogP contribution is -2.19. The summed E-state index contributed by atoms with van der Waals surface area (Å²) < 4.78 is 24.0. The zero-order valence-corrected chi connectivity index (χ0v) is 13.5. The first-order valence-electron chi connectivity index (χ1n) is 5.65. The Balaban J connectivity index is 2.27. The fraction of sp³-hybridized carbons (Fsp3) is 0. The van der Waals surface area contributed by atoms with Crippen molar-refractivity contribution in [3.63, 3.8) is 0 Å². The minimum atomic E-state index is -3.78. The van der Waals surface area contributed by atoms with Crippen LogP contribution in [0.25, 0.3) is 0 Å². The lowest BCUT2D eigenvalue weighted by Gasteiger charge is -2.05. The molecule has 0 spiro atoms. The molecule has 0 radical (unpaired) electrons. The van der Waals surface area contributed by atoms with Gasteiger partial charge in [0.05, 0.1) is 9.92 Å². The van der Waals surface area contributed by atoms with Gasteiger partial charge in [0.2, 0.25) is 0 Å². The Hall–Kier alpha value is -1.27. The standard InChI is InChI=1S/C13H9Cl3N2O2S/c14-9-6-7-12(15)11(8-9)13(16)17-18-21(19,20)10-4-2-1-3-5-10/h1-8,18H. The Morgan fingerprint density at radius 1 is 1.05 bits per heavy atom. The second-order valence-corrected chi connectivity index (χ2v) is 6.80. The summed E-state index contributed by atoms with van der Waals surface area (Å²) in [6.07, 6.45) is 0. The number of benzene rings is 2. The van der Waals surface area contributed by atoms with Gasteiger partial charge in [-0.25, -0.2) is 0 Å². The number of nitrogens with one attached hydrogen (secondary N) is 1. The van der Waals surface area contributed by atoms with Gasteiger partial charge in [-0.2, -0.15) is 18.4 Å². The van der Waals surface area contributed by atoms with Crippen LogP contribution in [0.2, 0.25) is 10.0 Å². The van der Waals surface area contributed by atoms with E-state index in [1.54, 1.807) is 30.3 Å². The summed E-state index contributed by atoms with van der Waals surface area (Å²) in [5.74, 6) is 0. The van der Waals surface area contributed by atoms with E-state index in [1.807, 2.05) is 4.83 Å². The van der Waals surface area contributed by atoms with Crippen LogP contribution in [0, 0.1) is 0 Å². The number of hydrogen-bond acceptors (Lipinski definition) is 3. The van der Waals surface area contributed by atoms with Crippen LogP contribution < -0.4 is 4.83 Å². The topological polar surface area (TPSA) is 58.5 Å². The van der Waals surface area contributed by atoms with E-state index < -0.39 is 10.0 Å². The van der Waals surface area contributed by atoms with E-state index in [0.717, 1.165) is 0 Å². The molecule has 0 saturated carbocycles. The molecule has 4 nitrogen and oxygen atoms in total. The first-order valence-corrected chi connectivity index (χ1v) is 8.27. The maximum absolute atomic E-state index is 12.0. The molecule has 110 valence electrons. The van der Waals surface area contributed by atoms with Crippen LogP contribution in [0.5, 0.6) is 0 Å². The fourth-order valence-corrected chi connectivity index (χ4v) is 2.98. The van der Waals surface area contributed by atoms with E-state index in [2.05, 4.69) is 5.10 Å².